The largest absolute Gasteiger partial charge is 0.435 e. The van der Waals surface area contributed by atoms with Crippen molar-refractivity contribution in [2.45, 2.75) is 18.0 Å². The van der Waals surface area contributed by atoms with Gasteiger partial charge < -0.3 is 5.32 Å². The van der Waals surface area contributed by atoms with Crippen LogP contribution in [0.3, 0.4) is 0 Å². The molecule has 3 nitrogen and oxygen atoms in total. The highest BCUT2D eigenvalue weighted by Gasteiger charge is 2.74. The fourth-order valence-electron chi connectivity index (χ4n) is 3.65. The van der Waals surface area contributed by atoms with Crippen LogP contribution in [0.15, 0.2) is 72.9 Å². The molecule has 3 aromatic carbocycles. The van der Waals surface area contributed by atoms with E-state index in [1.807, 2.05) is 0 Å². The summed E-state index contributed by atoms with van der Waals surface area (Å²) in [6, 6.07) is 15.0. The Bertz CT molecular complexity index is 1340. The molecule has 0 spiro atoms. The third-order valence-corrected chi connectivity index (χ3v) is 5.20. The van der Waals surface area contributed by atoms with Crippen LogP contribution in [-0.4, -0.2) is 23.2 Å². The Morgan fingerprint density at radius 3 is 2.06 bits per heavy atom. The highest BCUT2D eigenvalue weighted by atomic mass is 19.4. The molecule has 0 fully saturated rings. The van der Waals surface area contributed by atoms with Crippen molar-refractivity contribution in [3.8, 4) is 0 Å². The number of anilines is 1. The first-order valence-electron chi connectivity index (χ1n) is 9.45. The van der Waals surface area contributed by atoms with Gasteiger partial charge in [-0.25, -0.2) is 4.39 Å². The fourth-order valence-corrected chi connectivity index (χ4v) is 3.65. The lowest BCUT2D eigenvalue weighted by molar-refractivity contribution is -0.348. The lowest BCUT2D eigenvalue weighted by atomic mass is 9.90. The number of pyridine rings is 1. The Hall–Kier alpha value is -3.69. The van der Waals surface area contributed by atoms with Crippen LogP contribution < -0.4 is 5.32 Å². The summed E-state index contributed by atoms with van der Waals surface area (Å²) in [5.41, 5.74) is -7.64. The lowest BCUT2D eigenvalue weighted by Gasteiger charge is -2.31. The predicted molar refractivity (Wildman–Crippen MR) is 109 cm³/mol. The second kappa shape index (κ2) is 7.72. The van der Waals surface area contributed by atoms with E-state index >= 15 is 0 Å². The molecule has 0 radical (unpaired) electrons. The van der Waals surface area contributed by atoms with Crippen LogP contribution in [0.1, 0.15) is 15.9 Å². The SMILES string of the molecule is O=C(Nc1ccc(C(F)(C(F)(F)F)C(F)(F)F)c2cccnc12)c1cccc2ccccc12. The summed E-state index contributed by atoms with van der Waals surface area (Å²) >= 11 is 0. The summed E-state index contributed by atoms with van der Waals surface area (Å²) < 4.78 is 94.6. The third-order valence-electron chi connectivity index (χ3n) is 5.20. The maximum absolute atomic E-state index is 14.7. The van der Waals surface area contributed by atoms with Crippen molar-refractivity contribution in [3.63, 3.8) is 0 Å². The molecule has 0 aliphatic rings. The summed E-state index contributed by atoms with van der Waals surface area (Å²) in [6.45, 7) is 0. The maximum atomic E-state index is 14.7. The molecule has 0 saturated heterocycles. The van der Waals surface area contributed by atoms with Crippen molar-refractivity contribution < 1.29 is 35.5 Å². The van der Waals surface area contributed by atoms with Crippen LogP contribution in [0.5, 0.6) is 0 Å². The number of hydrogen-bond donors (Lipinski definition) is 1. The van der Waals surface area contributed by atoms with Crippen LogP contribution in [0, 0.1) is 0 Å². The van der Waals surface area contributed by atoms with Crippen LogP contribution in [-0.2, 0) is 5.67 Å². The van der Waals surface area contributed by atoms with Gasteiger partial charge in [0.15, 0.2) is 0 Å². The average molecular weight is 466 g/mol. The fraction of sp³-hybridized carbons (Fsp3) is 0.130. The van der Waals surface area contributed by atoms with Crippen molar-refractivity contribution in [1.82, 2.24) is 4.98 Å². The van der Waals surface area contributed by atoms with Gasteiger partial charge in [-0.3, -0.25) is 9.78 Å². The van der Waals surface area contributed by atoms with Gasteiger partial charge in [-0.15, -0.1) is 0 Å². The van der Waals surface area contributed by atoms with E-state index < -0.39 is 40.4 Å². The van der Waals surface area contributed by atoms with Gasteiger partial charge in [-0.2, -0.15) is 26.3 Å². The van der Waals surface area contributed by atoms with E-state index in [0.717, 1.165) is 29.8 Å². The summed E-state index contributed by atoms with van der Waals surface area (Å²) in [6.07, 6.45) is -11.4. The van der Waals surface area contributed by atoms with Crippen molar-refractivity contribution in [3.05, 3.63) is 84.1 Å². The van der Waals surface area contributed by atoms with E-state index in [0.29, 0.717) is 11.5 Å². The number of nitrogens with one attached hydrogen (secondary N) is 1. The van der Waals surface area contributed by atoms with Crippen molar-refractivity contribution in [1.29, 1.82) is 0 Å². The zero-order valence-corrected chi connectivity index (χ0v) is 16.4. The van der Waals surface area contributed by atoms with Gasteiger partial charge in [0.05, 0.1) is 11.2 Å². The Labute approximate surface area is 181 Å². The minimum Gasteiger partial charge on any atom is -0.320 e. The van der Waals surface area contributed by atoms with E-state index in [9.17, 15) is 35.5 Å². The molecule has 10 heteroatoms. The second-order valence-electron chi connectivity index (χ2n) is 7.20. The number of rotatable bonds is 3. The number of carbonyl (C=O) groups is 1. The monoisotopic (exact) mass is 466 g/mol. The predicted octanol–water partition coefficient (Wildman–Crippen LogP) is 6.93. The van der Waals surface area contributed by atoms with E-state index in [2.05, 4.69) is 10.3 Å². The number of hydrogen-bond acceptors (Lipinski definition) is 2. The Morgan fingerprint density at radius 1 is 0.727 bits per heavy atom. The summed E-state index contributed by atoms with van der Waals surface area (Å²) in [7, 11) is 0. The second-order valence-corrected chi connectivity index (χ2v) is 7.20. The minimum absolute atomic E-state index is 0.168. The average Bonchev–Trinajstić information content (AvgIpc) is 2.77. The Balaban J connectivity index is 1.84. The first-order chi connectivity index (χ1) is 15.4. The van der Waals surface area contributed by atoms with Crippen LogP contribution >= 0.6 is 0 Å². The zero-order valence-electron chi connectivity index (χ0n) is 16.4. The zero-order chi connectivity index (χ0) is 24.0. The molecule has 0 atom stereocenters. The van der Waals surface area contributed by atoms with Gasteiger partial charge >= 0.3 is 18.0 Å². The summed E-state index contributed by atoms with van der Waals surface area (Å²) in [5, 5.41) is 3.07. The maximum Gasteiger partial charge on any atom is 0.435 e. The number of nitrogens with zero attached hydrogens (tertiary/aromatic N) is 1. The number of alkyl halides is 7. The molecule has 0 aliphatic carbocycles. The van der Waals surface area contributed by atoms with Crippen molar-refractivity contribution in [2.24, 2.45) is 0 Å². The molecule has 170 valence electrons. The normalized spacial score (nSPS) is 12.8. The topological polar surface area (TPSA) is 42.0 Å². The van der Waals surface area contributed by atoms with E-state index in [4.69, 9.17) is 0 Å². The number of halogens is 7. The van der Waals surface area contributed by atoms with Gasteiger partial charge in [-0.1, -0.05) is 48.5 Å². The van der Waals surface area contributed by atoms with Gasteiger partial charge in [0, 0.05) is 22.7 Å². The molecule has 1 aromatic heterocycles. The van der Waals surface area contributed by atoms with Crippen molar-refractivity contribution >= 4 is 33.3 Å². The molecular weight excluding hydrogens is 453 g/mol. The molecule has 0 unspecified atom stereocenters. The molecule has 1 heterocycles. The Kier molecular flexibility index (Phi) is 5.26. The first kappa shape index (κ1) is 22.5. The third kappa shape index (κ3) is 3.65. The quantitative estimate of drug-likeness (QED) is 0.333. The van der Waals surface area contributed by atoms with Gasteiger partial charge in [0.1, 0.15) is 0 Å². The molecule has 1 N–H and O–H groups in total. The van der Waals surface area contributed by atoms with Crippen LogP contribution in [0.4, 0.5) is 36.4 Å². The standard InChI is InChI=1S/C23H13F7N2O/c24-21(22(25,26)27,23(28,29)30)17-10-11-18(19-16(17)9-4-12-31-19)32-20(33)15-8-3-6-13-5-1-2-7-14(13)15/h1-12H,(H,32,33). The number of fused-ring (bicyclic) bond motifs is 2. The number of aromatic nitrogens is 1. The molecule has 4 rings (SSSR count). The highest BCUT2D eigenvalue weighted by Crippen LogP contribution is 2.54. The van der Waals surface area contributed by atoms with Gasteiger partial charge in [-0.05, 0) is 29.0 Å². The molecule has 0 aliphatic heterocycles. The molecular formula is C23H13F7N2O. The smallest absolute Gasteiger partial charge is 0.320 e. The minimum atomic E-state index is -6.28. The van der Waals surface area contributed by atoms with Gasteiger partial charge in [0.2, 0.25) is 0 Å². The summed E-state index contributed by atoms with van der Waals surface area (Å²) in [5.74, 6) is -0.662. The molecule has 1 amide bonds. The molecule has 33 heavy (non-hydrogen) atoms. The van der Waals surface area contributed by atoms with E-state index in [1.54, 1.807) is 36.4 Å². The number of benzene rings is 3. The molecule has 0 saturated carbocycles. The van der Waals surface area contributed by atoms with Crippen LogP contribution in [0.2, 0.25) is 0 Å². The van der Waals surface area contributed by atoms with E-state index in [1.165, 1.54) is 6.07 Å². The molecule has 0 bridgehead atoms. The van der Waals surface area contributed by atoms with Crippen LogP contribution in [0.25, 0.3) is 21.7 Å². The Morgan fingerprint density at radius 2 is 1.36 bits per heavy atom. The highest BCUT2D eigenvalue weighted by molar-refractivity contribution is 6.15. The van der Waals surface area contributed by atoms with Crippen molar-refractivity contribution in [2.75, 3.05) is 5.32 Å². The number of carbonyl (C=O) groups excluding carboxylic acids is 1. The summed E-state index contributed by atoms with van der Waals surface area (Å²) in [4.78, 5) is 16.7. The van der Waals surface area contributed by atoms with Gasteiger partial charge in [0.25, 0.3) is 5.91 Å². The number of amides is 1. The molecule has 4 aromatic rings. The van der Waals surface area contributed by atoms with E-state index in [-0.39, 0.29) is 11.3 Å². The lowest BCUT2D eigenvalue weighted by Crippen LogP contribution is -2.50. The first-order valence-corrected chi connectivity index (χ1v) is 9.45.